The fourth-order valence-corrected chi connectivity index (χ4v) is 2.69. The van der Waals surface area contributed by atoms with Gasteiger partial charge in [-0.15, -0.1) is 0 Å². The van der Waals surface area contributed by atoms with E-state index in [1.165, 1.54) is 0 Å². The first-order chi connectivity index (χ1) is 9.17. The van der Waals surface area contributed by atoms with Crippen molar-refractivity contribution in [1.82, 2.24) is 5.32 Å². The molecule has 0 unspecified atom stereocenters. The molecule has 0 aliphatic rings. The minimum atomic E-state index is -3.17. The summed E-state index contributed by atoms with van der Waals surface area (Å²) < 4.78 is 28.8. The summed E-state index contributed by atoms with van der Waals surface area (Å²) >= 11 is 5.94. The van der Waals surface area contributed by atoms with Gasteiger partial charge in [0.05, 0.1) is 10.5 Å². The molecule has 1 aromatic carbocycles. The van der Waals surface area contributed by atoms with E-state index in [2.05, 4.69) is 5.32 Å². The van der Waals surface area contributed by atoms with E-state index < -0.39 is 14.6 Å². The topological polar surface area (TPSA) is 55.4 Å². The SMILES string of the molecule is CNCc1cc(Cl)ccc1OCCS(=O)(=O)C(C)(C)C. The number of rotatable bonds is 6. The van der Waals surface area contributed by atoms with Crippen molar-refractivity contribution < 1.29 is 13.2 Å². The van der Waals surface area contributed by atoms with Crippen molar-refractivity contribution in [3.05, 3.63) is 28.8 Å². The maximum atomic E-state index is 12.0. The second-order valence-electron chi connectivity index (χ2n) is 5.56. The number of benzene rings is 1. The Balaban J connectivity index is 2.72. The second kappa shape index (κ2) is 6.78. The van der Waals surface area contributed by atoms with Crippen LogP contribution >= 0.6 is 11.6 Å². The Morgan fingerprint density at radius 2 is 1.95 bits per heavy atom. The Morgan fingerprint density at radius 3 is 2.50 bits per heavy atom. The van der Waals surface area contributed by atoms with E-state index in [0.717, 1.165) is 5.56 Å². The van der Waals surface area contributed by atoms with E-state index in [-0.39, 0.29) is 12.4 Å². The van der Waals surface area contributed by atoms with Crippen molar-refractivity contribution in [3.8, 4) is 5.75 Å². The number of nitrogens with one attached hydrogen (secondary N) is 1. The van der Waals surface area contributed by atoms with Gasteiger partial charge in [0.25, 0.3) is 0 Å². The maximum absolute atomic E-state index is 12.0. The van der Waals surface area contributed by atoms with Gasteiger partial charge >= 0.3 is 0 Å². The van der Waals surface area contributed by atoms with Crippen molar-refractivity contribution in [2.45, 2.75) is 32.1 Å². The van der Waals surface area contributed by atoms with Crippen molar-refractivity contribution in [2.24, 2.45) is 0 Å². The first-order valence-corrected chi connectivity index (χ1v) is 8.48. The highest BCUT2D eigenvalue weighted by Gasteiger charge is 2.28. The fourth-order valence-electron chi connectivity index (χ4n) is 1.58. The predicted octanol–water partition coefficient (Wildman–Crippen LogP) is 2.65. The molecule has 20 heavy (non-hydrogen) atoms. The molecule has 0 fully saturated rings. The molecule has 0 aliphatic heterocycles. The minimum Gasteiger partial charge on any atom is -0.492 e. The highest BCUT2D eigenvalue weighted by atomic mass is 35.5. The number of sulfone groups is 1. The molecule has 0 atom stereocenters. The van der Waals surface area contributed by atoms with Gasteiger partial charge in [0.2, 0.25) is 0 Å². The molecule has 0 aromatic heterocycles. The summed E-state index contributed by atoms with van der Waals surface area (Å²) in [4.78, 5) is 0. The normalized spacial score (nSPS) is 12.4. The summed E-state index contributed by atoms with van der Waals surface area (Å²) in [5.41, 5.74) is 0.910. The first-order valence-electron chi connectivity index (χ1n) is 6.45. The molecule has 0 bridgehead atoms. The van der Waals surface area contributed by atoms with Crippen LogP contribution in [0.4, 0.5) is 0 Å². The van der Waals surface area contributed by atoms with E-state index in [9.17, 15) is 8.42 Å². The van der Waals surface area contributed by atoms with Crippen LogP contribution in [0.15, 0.2) is 18.2 Å². The lowest BCUT2D eigenvalue weighted by molar-refractivity contribution is 0.335. The van der Waals surface area contributed by atoms with Gasteiger partial charge in [-0.05, 0) is 46.0 Å². The summed E-state index contributed by atoms with van der Waals surface area (Å²) in [6.45, 7) is 5.82. The molecule has 6 heteroatoms. The largest absolute Gasteiger partial charge is 0.492 e. The number of hydrogen-bond acceptors (Lipinski definition) is 4. The molecule has 0 amide bonds. The van der Waals surface area contributed by atoms with Crippen molar-refractivity contribution in [1.29, 1.82) is 0 Å². The highest BCUT2D eigenvalue weighted by Crippen LogP contribution is 2.23. The van der Waals surface area contributed by atoms with Gasteiger partial charge in [-0.2, -0.15) is 0 Å². The molecular weight excluding hydrogens is 298 g/mol. The van der Waals surface area contributed by atoms with E-state index in [4.69, 9.17) is 16.3 Å². The minimum absolute atomic E-state index is 0.00187. The van der Waals surface area contributed by atoms with E-state index >= 15 is 0 Å². The Bertz CT molecular complexity index is 550. The lowest BCUT2D eigenvalue weighted by Crippen LogP contribution is -2.32. The first kappa shape index (κ1) is 17.3. The third-order valence-corrected chi connectivity index (χ3v) is 5.74. The van der Waals surface area contributed by atoms with E-state index in [0.29, 0.717) is 17.3 Å². The molecule has 1 rings (SSSR count). The van der Waals surface area contributed by atoms with Crippen LogP contribution in [0.5, 0.6) is 5.75 Å². The molecule has 4 nitrogen and oxygen atoms in total. The van der Waals surface area contributed by atoms with Gasteiger partial charge in [0.15, 0.2) is 9.84 Å². The van der Waals surface area contributed by atoms with E-state index in [1.54, 1.807) is 32.9 Å². The zero-order valence-electron chi connectivity index (χ0n) is 12.4. The quantitative estimate of drug-likeness (QED) is 0.876. The lowest BCUT2D eigenvalue weighted by Gasteiger charge is -2.19. The van der Waals surface area contributed by atoms with Crippen LogP contribution in [-0.4, -0.2) is 32.6 Å². The monoisotopic (exact) mass is 319 g/mol. The fraction of sp³-hybridized carbons (Fsp3) is 0.571. The molecule has 0 saturated heterocycles. The molecule has 114 valence electrons. The standard InChI is InChI=1S/C14H22ClNO3S/c1-14(2,3)20(17,18)8-7-19-13-6-5-12(15)9-11(13)10-16-4/h5-6,9,16H,7-8,10H2,1-4H3. The van der Waals surface area contributed by atoms with Gasteiger partial charge < -0.3 is 10.1 Å². The molecule has 1 N–H and O–H groups in total. The van der Waals surface area contributed by atoms with Gasteiger partial charge in [-0.3, -0.25) is 0 Å². The van der Waals surface area contributed by atoms with Crippen LogP contribution in [0, 0.1) is 0 Å². The van der Waals surface area contributed by atoms with E-state index in [1.807, 2.05) is 13.1 Å². The molecule has 0 heterocycles. The zero-order chi connectivity index (χ0) is 15.4. The van der Waals surface area contributed by atoms with Gasteiger partial charge in [-0.1, -0.05) is 11.6 Å². The molecule has 0 aliphatic carbocycles. The number of hydrogen-bond donors (Lipinski definition) is 1. The Morgan fingerprint density at radius 1 is 1.30 bits per heavy atom. The Kier molecular flexibility index (Phi) is 5.86. The van der Waals surface area contributed by atoms with Crippen molar-refractivity contribution in [3.63, 3.8) is 0 Å². The Labute approximate surface area is 126 Å². The molecule has 1 aromatic rings. The van der Waals surface area contributed by atoms with Crippen LogP contribution < -0.4 is 10.1 Å². The van der Waals surface area contributed by atoms with Crippen LogP contribution in [0.2, 0.25) is 5.02 Å². The lowest BCUT2D eigenvalue weighted by atomic mass is 10.2. The Hall–Kier alpha value is -0.780. The summed E-state index contributed by atoms with van der Waals surface area (Å²) in [5.74, 6) is 0.658. The van der Waals surface area contributed by atoms with Crippen LogP contribution in [-0.2, 0) is 16.4 Å². The van der Waals surface area contributed by atoms with Gasteiger partial charge in [0, 0.05) is 17.1 Å². The van der Waals surface area contributed by atoms with Gasteiger partial charge in [-0.25, -0.2) is 8.42 Å². The third kappa shape index (κ3) is 4.65. The average Bonchev–Trinajstić information content (AvgIpc) is 2.30. The third-order valence-electron chi connectivity index (χ3n) is 2.93. The van der Waals surface area contributed by atoms with Crippen molar-refractivity contribution >= 4 is 21.4 Å². The average molecular weight is 320 g/mol. The smallest absolute Gasteiger partial charge is 0.158 e. The summed E-state index contributed by atoms with van der Waals surface area (Å²) in [7, 11) is -1.34. The summed E-state index contributed by atoms with van der Waals surface area (Å²) in [6.07, 6.45) is 0. The second-order valence-corrected chi connectivity index (χ2v) is 8.86. The highest BCUT2D eigenvalue weighted by molar-refractivity contribution is 7.92. The molecular formula is C14H22ClNO3S. The predicted molar refractivity (Wildman–Crippen MR) is 83.3 cm³/mol. The summed E-state index contributed by atoms with van der Waals surface area (Å²) in [5, 5.41) is 3.66. The van der Waals surface area contributed by atoms with Crippen LogP contribution in [0.25, 0.3) is 0 Å². The van der Waals surface area contributed by atoms with Crippen LogP contribution in [0.1, 0.15) is 26.3 Å². The maximum Gasteiger partial charge on any atom is 0.158 e. The summed E-state index contributed by atoms with van der Waals surface area (Å²) in [6, 6.07) is 5.30. The number of halogens is 1. The molecule has 0 saturated carbocycles. The van der Waals surface area contributed by atoms with Crippen LogP contribution in [0.3, 0.4) is 0 Å². The van der Waals surface area contributed by atoms with Gasteiger partial charge in [0.1, 0.15) is 12.4 Å². The number of ether oxygens (including phenoxy) is 1. The zero-order valence-corrected chi connectivity index (χ0v) is 13.9. The van der Waals surface area contributed by atoms with Crippen molar-refractivity contribution in [2.75, 3.05) is 19.4 Å². The molecule has 0 spiro atoms. The molecule has 0 radical (unpaired) electrons.